The number of hydrogen-bond acceptors (Lipinski definition) is 4. The zero-order chi connectivity index (χ0) is 15.0. The molecule has 0 amide bonds. The molecule has 108 valence electrons. The van der Waals surface area contributed by atoms with Gasteiger partial charge in [0.05, 0.1) is 12.7 Å². The minimum Gasteiger partial charge on any atom is -0.497 e. The van der Waals surface area contributed by atoms with E-state index in [0.717, 1.165) is 5.76 Å². The number of ether oxygens (including phenoxy) is 1. The average Bonchev–Trinajstić information content (AvgIpc) is 2.43. The summed E-state index contributed by atoms with van der Waals surface area (Å²) < 4.78 is 5.09. The van der Waals surface area contributed by atoms with Crippen LogP contribution in [0, 0.1) is 0 Å². The van der Waals surface area contributed by atoms with Gasteiger partial charge in [0.2, 0.25) is 0 Å². The lowest BCUT2D eigenvalue weighted by Crippen LogP contribution is -2.21. The van der Waals surface area contributed by atoms with Gasteiger partial charge in [-0.1, -0.05) is 12.7 Å². The summed E-state index contributed by atoms with van der Waals surface area (Å²) in [6.07, 6.45) is 9.22. The molecule has 1 fully saturated rings. The van der Waals surface area contributed by atoms with Crippen molar-refractivity contribution >= 4 is 11.6 Å². The van der Waals surface area contributed by atoms with E-state index in [1.165, 1.54) is 6.20 Å². The van der Waals surface area contributed by atoms with E-state index in [4.69, 9.17) is 4.74 Å². The lowest BCUT2D eigenvalue weighted by molar-refractivity contribution is -0.123. The second kappa shape index (κ2) is 8.15. The Morgan fingerprint density at radius 3 is 2.55 bits per heavy atom. The summed E-state index contributed by atoms with van der Waals surface area (Å²) in [4.78, 5) is 23.2. The van der Waals surface area contributed by atoms with Crippen LogP contribution in [0.4, 0.5) is 0 Å². The Labute approximate surface area is 119 Å². The van der Waals surface area contributed by atoms with E-state index in [2.05, 4.69) is 11.9 Å². The number of nitrogens with one attached hydrogen (secondary N) is 1. The Balaban J connectivity index is 2.50. The van der Waals surface area contributed by atoms with E-state index in [0.29, 0.717) is 31.4 Å². The van der Waals surface area contributed by atoms with Gasteiger partial charge in [0.25, 0.3) is 0 Å². The van der Waals surface area contributed by atoms with Crippen molar-refractivity contribution in [3.63, 3.8) is 0 Å². The van der Waals surface area contributed by atoms with E-state index < -0.39 is 0 Å². The van der Waals surface area contributed by atoms with Crippen molar-refractivity contribution < 1.29 is 14.3 Å². The lowest BCUT2D eigenvalue weighted by Gasteiger charge is -2.12. The van der Waals surface area contributed by atoms with Crippen LogP contribution in [-0.2, 0) is 14.3 Å². The summed E-state index contributed by atoms with van der Waals surface area (Å²) in [6.45, 7) is 5.74. The van der Waals surface area contributed by atoms with Crippen LogP contribution in [0.5, 0.6) is 0 Å². The van der Waals surface area contributed by atoms with E-state index >= 15 is 0 Å². The molecular weight excluding hydrogens is 254 g/mol. The number of Topliss-reactive ketones (excluding diaryl/α,β-unsaturated/α-hetero) is 2. The largest absolute Gasteiger partial charge is 0.497 e. The quantitative estimate of drug-likeness (QED) is 0.350. The lowest BCUT2D eigenvalue weighted by atomic mass is 9.93. The fourth-order valence-electron chi connectivity index (χ4n) is 1.83. The molecular formula is C16H21NO3. The third-order valence-electron chi connectivity index (χ3n) is 3.00. The molecule has 0 unspecified atom stereocenters. The van der Waals surface area contributed by atoms with Gasteiger partial charge in [-0.2, -0.15) is 0 Å². The number of hydrogen-bond donors (Lipinski definition) is 1. The molecule has 20 heavy (non-hydrogen) atoms. The van der Waals surface area contributed by atoms with Crippen molar-refractivity contribution in [3.05, 3.63) is 48.0 Å². The highest BCUT2D eigenvalue weighted by molar-refractivity contribution is 6.21. The number of allylic oxidation sites excluding steroid dienone is 4. The van der Waals surface area contributed by atoms with Crippen LogP contribution in [0.2, 0.25) is 0 Å². The first-order valence-corrected chi connectivity index (χ1v) is 6.66. The predicted octanol–water partition coefficient (Wildman–Crippen LogP) is 2.79. The highest BCUT2D eigenvalue weighted by Gasteiger charge is 2.22. The number of ketones is 2. The van der Waals surface area contributed by atoms with Gasteiger partial charge >= 0.3 is 0 Å². The van der Waals surface area contributed by atoms with Crippen molar-refractivity contribution in [3.8, 4) is 0 Å². The molecule has 0 aromatic rings. The number of methoxy groups -OCH3 is 1. The fraction of sp³-hybridized carbons (Fsp3) is 0.375. The van der Waals surface area contributed by atoms with E-state index in [-0.39, 0.29) is 17.1 Å². The zero-order valence-electron chi connectivity index (χ0n) is 12.1. The second-order valence-corrected chi connectivity index (χ2v) is 4.51. The third-order valence-corrected chi connectivity index (χ3v) is 3.00. The summed E-state index contributed by atoms with van der Waals surface area (Å²) in [5.41, 5.74) is 0.971. The maximum absolute atomic E-state index is 11.6. The van der Waals surface area contributed by atoms with Gasteiger partial charge in [-0.15, -0.1) is 0 Å². The summed E-state index contributed by atoms with van der Waals surface area (Å²) in [7, 11) is 1.61. The Morgan fingerprint density at radius 2 is 2.00 bits per heavy atom. The van der Waals surface area contributed by atoms with E-state index in [1.54, 1.807) is 7.11 Å². The molecule has 0 saturated heterocycles. The van der Waals surface area contributed by atoms with Gasteiger partial charge in [0, 0.05) is 31.2 Å². The molecule has 0 spiro atoms. The average molecular weight is 275 g/mol. The number of carbonyl (C=O) groups is 2. The molecule has 1 aliphatic carbocycles. The Bertz CT molecular complexity index is 466. The third kappa shape index (κ3) is 4.88. The highest BCUT2D eigenvalue weighted by Crippen LogP contribution is 2.16. The van der Waals surface area contributed by atoms with Crippen molar-refractivity contribution in [2.75, 3.05) is 7.11 Å². The molecule has 4 nitrogen and oxygen atoms in total. The molecule has 0 atom stereocenters. The molecule has 1 rings (SSSR count). The van der Waals surface area contributed by atoms with E-state index in [1.807, 2.05) is 25.2 Å². The molecule has 1 aliphatic rings. The minimum absolute atomic E-state index is 0.0901. The van der Waals surface area contributed by atoms with Crippen LogP contribution in [-0.4, -0.2) is 18.7 Å². The Morgan fingerprint density at radius 1 is 1.35 bits per heavy atom. The molecule has 0 aliphatic heterocycles. The van der Waals surface area contributed by atoms with Crippen molar-refractivity contribution in [2.24, 2.45) is 0 Å². The van der Waals surface area contributed by atoms with Crippen molar-refractivity contribution in [2.45, 2.75) is 32.6 Å². The summed E-state index contributed by atoms with van der Waals surface area (Å²) in [5, 5.41) is 2.91. The van der Waals surface area contributed by atoms with Crippen LogP contribution < -0.4 is 5.32 Å². The molecule has 0 bridgehead atoms. The second-order valence-electron chi connectivity index (χ2n) is 4.51. The minimum atomic E-state index is -0.0901. The Kier molecular flexibility index (Phi) is 6.50. The summed E-state index contributed by atoms with van der Waals surface area (Å²) >= 11 is 0. The molecule has 1 saturated carbocycles. The van der Waals surface area contributed by atoms with Gasteiger partial charge in [0.15, 0.2) is 11.6 Å². The smallest absolute Gasteiger partial charge is 0.167 e. The first-order valence-electron chi connectivity index (χ1n) is 6.66. The highest BCUT2D eigenvalue weighted by atomic mass is 16.5. The van der Waals surface area contributed by atoms with Gasteiger partial charge < -0.3 is 10.1 Å². The first-order chi connectivity index (χ1) is 9.58. The normalized spacial score (nSPS) is 16.5. The topological polar surface area (TPSA) is 55.4 Å². The SMILES string of the molecule is C=C(C/C=C\C(=C/C)OC)NC=C1C(=O)CCCC1=O. The standard InChI is InChI=1S/C16H21NO3/c1-4-13(20-3)8-5-7-12(2)17-11-14-15(18)9-6-10-16(14)19/h4-5,8,11,17H,2,6-7,9-10H2,1,3H3/b8-5-,13-4+. The van der Waals surface area contributed by atoms with Crippen molar-refractivity contribution in [1.82, 2.24) is 5.32 Å². The maximum Gasteiger partial charge on any atom is 0.167 e. The van der Waals surface area contributed by atoms with Crippen LogP contribution >= 0.6 is 0 Å². The summed E-state index contributed by atoms with van der Waals surface area (Å²) in [6, 6.07) is 0. The van der Waals surface area contributed by atoms with Gasteiger partial charge in [-0.25, -0.2) is 0 Å². The predicted molar refractivity (Wildman–Crippen MR) is 78.7 cm³/mol. The van der Waals surface area contributed by atoms with Gasteiger partial charge in [-0.3, -0.25) is 9.59 Å². The molecule has 0 heterocycles. The molecule has 0 radical (unpaired) electrons. The van der Waals surface area contributed by atoms with Crippen LogP contribution in [0.3, 0.4) is 0 Å². The molecule has 0 aromatic carbocycles. The summed E-state index contributed by atoms with van der Waals surface area (Å²) in [5.74, 6) is 0.592. The zero-order valence-corrected chi connectivity index (χ0v) is 12.1. The Hall–Kier alpha value is -2.10. The number of rotatable bonds is 6. The maximum atomic E-state index is 11.6. The van der Waals surface area contributed by atoms with Crippen LogP contribution in [0.1, 0.15) is 32.6 Å². The van der Waals surface area contributed by atoms with Gasteiger partial charge in [-0.05, 0) is 25.5 Å². The molecule has 1 N–H and O–H groups in total. The monoisotopic (exact) mass is 275 g/mol. The van der Waals surface area contributed by atoms with Gasteiger partial charge in [0.1, 0.15) is 5.76 Å². The number of carbonyl (C=O) groups excluding carboxylic acids is 2. The van der Waals surface area contributed by atoms with Crippen LogP contribution in [0.25, 0.3) is 0 Å². The molecule has 4 heteroatoms. The van der Waals surface area contributed by atoms with Crippen LogP contribution in [0.15, 0.2) is 48.0 Å². The first kappa shape index (κ1) is 16.0. The fourth-order valence-corrected chi connectivity index (χ4v) is 1.83. The van der Waals surface area contributed by atoms with E-state index in [9.17, 15) is 9.59 Å². The molecule has 0 aromatic heterocycles. The van der Waals surface area contributed by atoms with Crippen molar-refractivity contribution in [1.29, 1.82) is 0 Å².